The molecule has 0 bridgehead atoms. The lowest BCUT2D eigenvalue weighted by Gasteiger charge is -2.16. The molecule has 2 atom stereocenters. The number of nitrogens with zero attached hydrogens (tertiary/aromatic N) is 1. The van der Waals surface area contributed by atoms with Crippen molar-refractivity contribution in [2.45, 2.75) is 25.9 Å². The molecule has 0 aromatic heterocycles. The van der Waals surface area contributed by atoms with Crippen molar-refractivity contribution in [1.82, 2.24) is 10.6 Å². The number of nitro groups is 1. The molecule has 3 aromatic carbocycles. The van der Waals surface area contributed by atoms with Crippen LogP contribution in [0.2, 0.25) is 0 Å². The van der Waals surface area contributed by atoms with Crippen molar-refractivity contribution in [2.75, 3.05) is 0 Å². The van der Waals surface area contributed by atoms with Gasteiger partial charge in [0.2, 0.25) is 0 Å². The van der Waals surface area contributed by atoms with Gasteiger partial charge in [-0.05, 0) is 55.3 Å². The second-order valence-electron chi connectivity index (χ2n) is 7.52. The predicted molar refractivity (Wildman–Crippen MR) is 133 cm³/mol. The number of hydrogen-bond acceptors (Lipinski definition) is 4. The highest BCUT2D eigenvalue weighted by Crippen LogP contribution is 2.22. The monoisotopic (exact) mass is 573 g/mol. The molecule has 7 nitrogen and oxygen atoms in total. The van der Waals surface area contributed by atoms with Crippen molar-refractivity contribution in [3.63, 3.8) is 0 Å². The maximum absolute atomic E-state index is 12.8. The molecular formula is C24H21Br2N3O4. The lowest BCUT2D eigenvalue weighted by molar-refractivity contribution is -0.384. The molecule has 0 saturated carbocycles. The predicted octanol–water partition coefficient (Wildman–Crippen LogP) is 6.10. The molecule has 0 saturated heterocycles. The molecule has 0 spiro atoms. The van der Waals surface area contributed by atoms with Gasteiger partial charge in [0.25, 0.3) is 17.5 Å². The second-order valence-corrected chi connectivity index (χ2v) is 9.35. The Labute approximate surface area is 208 Å². The van der Waals surface area contributed by atoms with Gasteiger partial charge in [-0.1, -0.05) is 56.1 Å². The molecular weight excluding hydrogens is 554 g/mol. The number of nitrogens with one attached hydrogen (secondary N) is 2. The van der Waals surface area contributed by atoms with E-state index in [0.29, 0.717) is 0 Å². The molecule has 0 radical (unpaired) electrons. The third-order valence-electron chi connectivity index (χ3n) is 5.09. The topological polar surface area (TPSA) is 101 Å². The summed E-state index contributed by atoms with van der Waals surface area (Å²) in [6.07, 6.45) is 0. The van der Waals surface area contributed by atoms with E-state index in [-0.39, 0.29) is 28.9 Å². The van der Waals surface area contributed by atoms with Crippen LogP contribution in [-0.4, -0.2) is 16.7 Å². The molecule has 9 heteroatoms. The summed E-state index contributed by atoms with van der Waals surface area (Å²) in [6, 6.07) is 17.9. The minimum absolute atomic E-state index is 0.0367. The lowest BCUT2D eigenvalue weighted by Crippen LogP contribution is -2.29. The van der Waals surface area contributed by atoms with Crippen LogP contribution < -0.4 is 10.6 Å². The summed E-state index contributed by atoms with van der Waals surface area (Å²) in [4.78, 5) is 36.5. The molecule has 0 fully saturated rings. The first-order chi connectivity index (χ1) is 15.6. The fraction of sp³-hybridized carbons (Fsp3) is 0.167. The Morgan fingerprint density at radius 3 is 1.45 bits per heavy atom. The molecule has 0 aliphatic rings. The van der Waals surface area contributed by atoms with Gasteiger partial charge in [0.15, 0.2) is 0 Å². The van der Waals surface area contributed by atoms with Gasteiger partial charge in [0.1, 0.15) is 0 Å². The fourth-order valence-corrected chi connectivity index (χ4v) is 3.74. The van der Waals surface area contributed by atoms with Crippen LogP contribution in [0.5, 0.6) is 0 Å². The van der Waals surface area contributed by atoms with Gasteiger partial charge in [0, 0.05) is 32.2 Å². The van der Waals surface area contributed by atoms with E-state index in [1.807, 2.05) is 62.4 Å². The minimum Gasteiger partial charge on any atom is -0.346 e. The Balaban J connectivity index is 1.81. The lowest BCUT2D eigenvalue weighted by atomic mass is 10.0. The average molecular weight is 575 g/mol. The summed E-state index contributed by atoms with van der Waals surface area (Å²) in [6.45, 7) is 3.62. The summed E-state index contributed by atoms with van der Waals surface area (Å²) >= 11 is 6.74. The number of non-ortho nitro benzene ring substituents is 1. The molecule has 170 valence electrons. The molecule has 2 unspecified atom stereocenters. The number of carbonyl (C=O) groups is 2. The Kier molecular flexibility index (Phi) is 7.99. The highest BCUT2D eigenvalue weighted by Gasteiger charge is 2.20. The normalized spacial score (nSPS) is 12.5. The van der Waals surface area contributed by atoms with E-state index in [1.54, 1.807) is 0 Å². The van der Waals surface area contributed by atoms with Crippen LogP contribution in [0.15, 0.2) is 75.7 Å². The quantitative estimate of drug-likeness (QED) is 0.263. The summed E-state index contributed by atoms with van der Waals surface area (Å²) in [5.74, 6) is -1.02. The van der Waals surface area contributed by atoms with Crippen LogP contribution in [0.4, 0.5) is 5.69 Å². The standard InChI is InChI=1S/C24H21Br2N3O4/c1-14(16-3-7-20(25)8-4-16)27-23(30)18-11-19(13-22(12-18)29(32)33)24(31)28-15(2)17-5-9-21(26)10-6-17/h3-15H,1-2H3,(H,27,30)(H,28,31). The second kappa shape index (κ2) is 10.7. The molecule has 3 rings (SSSR count). The number of carbonyl (C=O) groups excluding carboxylic acids is 2. The number of nitro benzene ring substituents is 1. The molecule has 0 aliphatic carbocycles. The molecule has 2 N–H and O–H groups in total. The van der Waals surface area contributed by atoms with E-state index < -0.39 is 16.7 Å². The van der Waals surface area contributed by atoms with Crippen LogP contribution in [0.1, 0.15) is 57.8 Å². The van der Waals surface area contributed by atoms with Crippen molar-refractivity contribution < 1.29 is 14.5 Å². The first kappa shape index (κ1) is 24.6. The van der Waals surface area contributed by atoms with E-state index in [9.17, 15) is 19.7 Å². The van der Waals surface area contributed by atoms with Crippen LogP contribution in [-0.2, 0) is 0 Å². The summed E-state index contributed by atoms with van der Waals surface area (Å²) in [5.41, 5.74) is 1.49. The SMILES string of the molecule is CC(NC(=O)c1cc(C(=O)NC(C)c2ccc(Br)cc2)cc([N+](=O)[O-])c1)c1ccc(Br)cc1. The van der Waals surface area contributed by atoms with Gasteiger partial charge in [-0.3, -0.25) is 19.7 Å². The van der Waals surface area contributed by atoms with E-state index in [2.05, 4.69) is 42.5 Å². The van der Waals surface area contributed by atoms with Gasteiger partial charge in [-0.25, -0.2) is 0 Å². The number of amides is 2. The van der Waals surface area contributed by atoms with Crippen LogP contribution in [0.25, 0.3) is 0 Å². The minimum atomic E-state index is -0.621. The highest BCUT2D eigenvalue weighted by molar-refractivity contribution is 9.10. The zero-order chi connectivity index (χ0) is 24.1. The van der Waals surface area contributed by atoms with Crippen molar-refractivity contribution in [1.29, 1.82) is 0 Å². The Morgan fingerprint density at radius 1 is 0.758 bits per heavy atom. The summed E-state index contributed by atoms with van der Waals surface area (Å²) in [5, 5.41) is 17.1. The first-order valence-electron chi connectivity index (χ1n) is 10.1. The number of benzene rings is 3. The fourth-order valence-electron chi connectivity index (χ4n) is 3.21. The van der Waals surface area contributed by atoms with E-state index >= 15 is 0 Å². The third kappa shape index (κ3) is 6.49. The van der Waals surface area contributed by atoms with Crippen LogP contribution >= 0.6 is 31.9 Å². The van der Waals surface area contributed by atoms with Crippen molar-refractivity contribution in [3.8, 4) is 0 Å². The zero-order valence-corrected chi connectivity index (χ0v) is 21.0. The molecule has 0 aliphatic heterocycles. The largest absolute Gasteiger partial charge is 0.346 e. The molecule has 3 aromatic rings. The van der Waals surface area contributed by atoms with Gasteiger partial charge < -0.3 is 10.6 Å². The number of rotatable bonds is 7. The highest BCUT2D eigenvalue weighted by atomic mass is 79.9. The zero-order valence-electron chi connectivity index (χ0n) is 17.8. The van der Waals surface area contributed by atoms with Crippen molar-refractivity contribution in [2.24, 2.45) is 0 Å². The molecule has 2 amide bonds. The Morgan fingerprint density at radius 2 is 1.12 bits per heavy atom. The van der Waals surface area contributed by atoms with Gasteiger partial charge in [-0.2, -0.15) is 0 Å². The maximum Gasteiger partial charge on any atom is 0.271 e. The molecule has 33 heavy (non-hydrogen) atoms. The number of halogens is 2. The number of hydrogen-bond donors (Lipinski definition) is 2. The maximum atomic E-state index is 12.8. The van der Waals surface area contributed by atoms with Crippen molar-refractivity contribution >= 4 is 49.4 Å². The average Bonchev–Trinajstić information content (AvgIpc) is 2.79. The first-order valence-corrected chi connectivity index (χ1v) is 11.6. The van der Waals surface area contributed by atoms with Crippen LogP contribution in [0, 0.1) is 10.1 Å². The van der Waals surface area contributed by atoms with Gasteiger partial charge in [0.05, 0.1) is 17.0 Å². The molecule has 0 heterocycles. The van der Waals surface area contributed by atoms with E-state index in [1.165, 1.54) is 18.2 Å². The Hall–Kier alpha value is -3.04. The van der Waals surface area contributed by atoms with Gasteiger partial charge in [-0.15, -0.1) is 0 Å². The van der Waals surface area contributed by atoms with Crippen molar-refractivity contribution in [3.05, 3.63) is 108 Å². The van der Waals surface area contributed by atoms with Gasteiger partial charge >= 0.3 is 0 Å². The smallest absolute Gasteiger partial charge is 0.271 e. The van der Waals surface area contributed by atoms with E-state index in [4.69, 9.17) is 0 Å². The summed E-state index contributed by atoms with van der Waals surface area (Å²) < 4.78 is 1.83. The van der Waals surface area contributed by atoms with E-state index in [0.717, 1.165) is 20.1 Å². The third-order valence-corrected chi connectivity index (χ3v) is 6.15. The Bertz CT molecular complexity index is 1100. The van der Waals surface area contributed by atoms with Crippen LogP contribution in [0.3, 0.4) is 0 Å². The summed E-state index contributed by atoms with van der Waals surface area (Å²) in [7, 11) is 0.